The van der Waals surface area contributed by atoms with Crippen molar-refractivity contribution in [3.8, 4) is 0 Å². The Morgan fingerprint density at radius 3 is 2.94 bits per heavy atom. The van der Waals surface area contributed by atoms with Crippen molar-refractivity contribution in [2.24, 2.45) is 5.92 Å². The molecule has 0 aromatic heterocycles. The van der Waals surface area contributed by atoms with Gasteiger partial charge in [-0.15, -0.1) is 0 Å². The highest BCUT2D eigenvalue weighted by Crippen LogP contribution is 2.19. The fraction of sp³-hybridized carbons (Fsp3) is 0.600. The predicted molar refractivity (Wildman–Crippen MR) is 78.0 cm³/mol. The Labute approximate surface area is 115 Å². The third kappa shape index (κ3) is 3.47. The summed E-state index contributed by atoms with van der Waals surface area (Å²) in [6, 6.07) is 8.78. The van der Waals surface area contributed by atoms with Crippen molar-refractivity contribution in [3.63, 3.8) is 0 Å². The first-order valence-electron chi connectivity index (χ1n) is 6.90. The Balaban J connectivity index is 1.96. The smallest absolute Gasteiger partial charge is 0.0451 e. The van der Waals surface area contributed by atoms with Gasteiger partial charge in [-0.1, -0.05) is 50.1 Å². The van der Waals surface area contributed by atoms with Gasteiger partial charge in [0, 0.05) is 37.2 Å². The zero-order chi connectivity index (χ0) is 13.0. The van der Waals surface area contributed by atoms with Crippen LogP contribution in [0.15, 0.2) is 24.3 Å². The third-order valence-corrected chi connectivity index (χ3v) is 4.34. The van der Waals surface area contributed by atoms with E-state index in [1.54, 1.807) is 0 Å². The fourth-order valence-electron chi connectivity index (χ4n) is 2.52. The van der Waals surface area contributed by atoms with Crippen LogP contribution in [0.4, 0.5) is 0 Å². The highest BCUT2D eigenvalue weighted by atomic mass is 35.5. The van der Waals surface area contributed by atoms with E-state index >= 15 is 0 Å². The van der Waals surface area contributed by atoms with E-state index in [1.807, 2.05) is 12.1 Å². The van der Waals surface area contributed by atoms with Crippen molar-refractivity contribution in [3.05, 3.63) is 34.9 Å². The summed E-state index contributed by atoms with van der Waals surface area (Å²) in [5.41, 5.74) is 1.24. The molecule has 0 saturated carbocycles. The van der Waals surface area contributed by atoms with Crippen LogP contribution in [0, 0.1) is 5.92 Å². The van der Waals surface area contributed by atoms with Gasteiger partial charge in [-0.2, -0.15) is 0 Å². The first kappa shape index (κ1) is 13.9. The summed E-state index contributed by atoms with van der Waals surface area (Å²) >= 11 is 6.23. The van der Waals surface area contributed by atoms with E-state index in [0.717, 1.165) is 37.1 Å². The molecule has 1 heterocycles. The second-order valence-electron chi connectivity index (χ2n) is 5.27. The highest BCUT2D eigenvalue weighted by molar-refractivity contribution is 6.31. The predicted octanol–water partition coefficient (Wildman–Crippen LogP) is 3.16. The van der Waals surface area contributed by atoms with Crippen molar-refractivity contribution < 1.29 is 0 Å². The Kier molecular flexibility index (Phi) is 5.04. The summed E-state index contributed by atoms with van der Waals surface area (Å²) in [7, 11) is 0. The van der Waals surface area contributed by atoms with Gasteiger partial charge >= 0.3 is 0 Å². The second kappa shape index (κ2) is 6.55. The van der Waals surface area contributed by atoms with Crippen LogP contribution in [0.5, 0.6) is 0 Å². The molecule has 1 N–H and O–H groups in total. The largest absolute Gasteiger partial charge is 0.311 e. The topological polar surface area (TPSA) is 15.3 Å². The molecule has 0 radical (unpaired) electrons. The molecule has 2 atom stereocenters. The molecule has 18 heavy (non-hydrogen) atoms. The molecule has 1 saturated heterocycles. The number of halogens is 1. The molecular weight excluding hydrogens is 244 g/mol. The SMILES string of the molecule is CCC(C)C1CN(Cc2ccccc2Cl)CCN1. The van der Waals surface area contributed by atoms with Crippen molar-refractivity contribution in [1.82, 2.24) is 10.2 Å². The maximum Gasteiger partial charge on any atom is 0.0451 e. The molecule has 1 aromatic carbocycles. The average molecular weight is 267 g/mol. The van der Waals surface area contributed by atoms with Crippen LogP contribution in [-0.4, -0.2) is 30.6 Å². The van der Waals surface area contributed by atoms with Gasteiger partial charge < -0.3 is 5.32 Å². The Hall–Kier alpha value is -0.570. The van der Waals surface area contributed by atoms with Gasteiger partial charge in [0.15, 0.2) is 0 Å². The van der Waals surface area contributed by atoms with Crippen molar-refractivity contribution in [2.75, 3.05) is 19.6 Å². The van der Waals surface area contributed by atoms with E-state index in [4.69, 9.17) is 11.6 Å². The molecule has 1 aliphatic heterocycles. The van der Waals surface area contributed by atoms with E-state index < -0.39 is 0 Å². The first-order valence-corrected chi connectivity index (χ1v) is 7.27. The lowest BCUT2D eigenvalue weighted by atomic mass is 9.97. The summed E-state index contributed by atoms with van der Waals surface area (Å²) in [5.74, 6) is 0.735. The van der Waals surface area contributed by atoms with Gasteiger partial charge in [-0.3, -0.25) is 4.90 Å². The van der Waals surface area contributed by atoms with Crippen LogP contribution in [0.3, 0.4) is 0 Å². The van der Waals surface area contributed by atoms with Gasteiger partial charge in [-0.25, -0.2) is 0 Å². The molecule has 3 heteroatoms. The zero-order valence-corrected chi connectivity index (χ0v) is 12.1. The van der Waals surface area contributed by atoms with Crippen molar-refractivity contribution in [2.45, 2.75) is 32.9 Å². The van der Waals surface area contributed by atoms with Crippen LogP contribution >= 0.6 is 11.6 Å². The van der Waals surface area contributed by atoms with Crippen molar-refractivity contribution in [1.29, 1.82) is 0 Å². The van der Waals surface area contributed by atoms with Gasteiger partial charge in [0.1, 0.15) is 0 Å². The number of benzene rings is 1. The number of hydrogen-bond acceptors (Lipinski definition) is 2. The molecule has 100 valence electrons. The molecule has 2 rings (SSSR count). The Morgan fingerprint density at radius 2 is 2.22 bits per heavy atom. The lowest BCUT2D eigenvalue weighted by Gasteiger charge is -2.36. The van der Waals surface area contributed by atoms with Crippen molar-refractivity contribution >= 4 is 11.6 Å². The molecule has 1 aliphatic rings. The Morgan fingerprint density at radius 1 is 1.44 bits per heavy atom. The maximum atomic E-state index is 6.23. The molecule has 0 amide bonds. The lowest BCUT2D eigenvalue weighted by molar-refractivity contribution is 0.162. The molecule has 0 spiro atoms. The third-order valence-electron chi connectivity index (χ3n) is 3.97. The van der Waals surface area contributed by atoms with Crippen LogP contribution in [0.25, 0.3) is 0 Å². The molecule has 1 aromatic rings. The molecule has 1 fully saturated rings. The molecule has 0 bridgehead atoms. The molecule has 0 aliphatic carbocycles. The molecular formula is C15H23ClN2. The number of piperazine rings is 1. The minimum absolute atomic E-state index is 0.617. The Bertz CT molecular complexity index is 381. The number of nitrogens with zero attached hydrogens (tertiary/aromatic N) is 1. The van der Waals surface area contributed by atoms with Gasteiger partial charge in [0.2, 0.25) is 0 Å². The van der Waals surface area contributed by atoms with Crippen LogP contribution in [-0.2, 0) is 6.54 Å². The van der Waals surface area contributed by atoms with E-state index in [1.165, 1.54) is 12.0 Å². The van der Waals surface area contributed by atoms with Gasteiger partial charge in [0.25, 0.3) is 0 Å². The van der Waals surface area contributed by atoms with E-state index in [9.17, 15) is 0 Å². The summed E-state index contributed by atoms with van der Waals surface area (Å²) in [4.78, 5) is 2.51. The van der Waals surface area contributed by atoms with E-state index in [2.05, 4.69) is 36.2 Å². The van der Waals surface area contributed by atoms with Crippen LogP contribution in [0.1, 0.15) is 25.8 Å². The number of nitrogens with one attached hydrogen (secondary N) is 1. The normalized spacial score (nSPS) is 22.9. The van der Waals surface area contributed by atoms with Gasteiger partial charge in [-0.05, 0) is 17.5 Å². The lowest BCUT2D eigenvalue weighted by Crippen LogP contribution is -2.52. The summed E-state index contributed by atoms with van der Waals surface area (Å²) in [6.07, 6.45) is 1.23. The fourth-order valence-corrected chi connectivity index (χ4v) is 2.71. The maximum absolute atomic E-state index is 6.23. The summed E-state index contributed by atoms with van der Waals surface area (Å²) in [5, 5.41) is 4.51. The standard InChI is InChI=1S/C15H23ClN2/c1-3-12(2)15-11-18(9-8-17-15)10-13-6-4-5-7-14(13)16/h4-7,12,15,17H,3,8-11H2,1-2H3. The minimum atomic E-state index is 0.617. The number of rotatable bonds is 4. The minimum Gasteiger partial charge on any atom is -0.311 e. The molecule has 2 unspecified atom stereocenters. The zero-order valence-electron chi connectivity index (χ0n) is 11.3. The second-order valence-corrected chi connectivity index (χ2v) is 5.68. The first-order chi connectivity index (χ1) is 8.70. The quantitative estimate of drug-likeness (QED) is 0.901. The average Bonchev–Trinajstić information content (AvgIpc) is 2.41. The van der Waals surface area contributed by atoms with Crippen LogP contribution in [0.2, 0.25) is 5.02 Å². The summed E-state index contributed by atoms with van der Waals surface area (Å²) < 4.78 is 0. The van der Waals surface area contributed by atoms with Gasteiger partial charge in [0.05, 0.1) is 0 Å². The highest BCUT2D eigenvalue weighted by Gasteiger charge is 2.23. The monoisotopic (exact) mass is 266 g/mol. The number of hydrogen-bond donors (Lipinski definition) is 1. The molecule has 2 nitrogen and oxygen atoms in total. The summed E-state index contributed by atoms with van der Waals surface area (Å²) in [6.45, 7) is 8.88. The van der Waals surface area contributed by atoms with E-state index in [0.29, 0.717) is 6.04 Å². The van der Waals surface area contributed by atoms with Crippen LogP contribution < -0.4 is 5.32 Å². The van der Waals surface area contributed by atoms with E-state index in [-0.39, 0.29) is 0 Å².